The van der Waals surface area contributed by atoms with Gasteiger partial charge in [-0.3, -0.25) is 4.79 Å². The van der Waals surface area contributed by atoms with Gasteiger partial charge in [0.25, 0.3) is 5.91 Å². The Hall–Kier alpha value is -2.63. The molecule has 0 spiro atoms. The number of carbonyl (C=O) groups excluding carboxylic acids is 1. The fourth-order valence-corrected chi connectivity index (χ4v) is 2.48. The summed E-state index contributed by atoms with van der Waals surface area (Å²) in [6, 6.07) is 9.35. The topological polar surface area (TPSA) is 61.6 Å². The second-order valence-corrected chi connectivity index (χ2v) is 5.94. The highest BCUT2D eigenvalue weighted by molar-refractivity contribution is 5.93. The first-order valence-electron chi connectivity index (χ1n) is 8.65. The Kier molecular flexibility index (Phi) is 7.38. The highest BCUT2D eigenvalue weighted by Crippen LogP contribution is 2.24. The van der Waals surface area contributed by atoms with Crippen molar-refractivity contribution in [3.8, 4) is 11.5 Å². The zero-order valence-electron chi connectivity index (χ0n) is 14.8. The third-order valence-corrected chi connectivity index (χ3v) is 3.86. The van der Waals surface area contributed by atoms with Gasteiger partial charge in [0.15, 0.2) is 11.6 Å². The minimum absolute atomic E-state index is 0.0494. The number of rotatable bonds is 10. The van der Waals surface area contributed by atoms with Crippen LogP contribution in [-0.2, 0) is 6.61 Å². The molecule has 0 atom stereocenters. The summed E-state index contributed by atoms with van der Waals surface area (Å²) in [5, 5.41) is 0. The van der Waals surface area contributed by atoms with E-state index in [0.29, 0.717) is 12.4 Å². The van der Waals surface area contributed by atoms with Crippen LogP contribution in [0.25, 0.3) is 0 Å². The van der Waals surface area contributed by atoms with E-state index in [0.717, 1.165) is 30.5 Å². The van der Waals surface area contributed by atoms with E-state index in [1.165, 1.54) is 12.8 Å². The van der Waals surface area contributed by atoms with E-state index in [9.17, 15) is 13.6 Å². The summed E-state index contributed by atoms with van der Waals surface area (Å²) in [6.07, 6.45) is 4.48. The molecule has 140 valence electrons. The number of benzene rings is 2. The molecule has 2 aromatic rings. The first kappa shape index (κ1) is 19.7. The van der Waals surface area contributed by atoms with Crippen molar-refractivity contribution in [1.82, 2.24) is 0 Å². The maximum atomic E-state index is 14.1. The van der Waals surface area contributed by atoms with Gasteiger partial charge in [0.1, 0.15) is 23.7 Å². The number of hydrogen-bond donors (Lipinski definition) is 1. The number of amides is 1. The quantitative estimate of drug-likeness (QED) is 0.628. The lowest BCUT2D eigenvalue weighted by atomic mass is 10.1. The lowest BCUT2D eigenvalue weighted by molar-refractivity contribution is 0.0991. The Morgan fingerprint density at radius 3 is 2.62 bits per heavy atom. The Balaban J connectivity index is 1.97. The highest BCUT2D eigenvalue weighted by atomic mass is 19.1. The lowest BCUT2D eigenvalue weighted by Gasteiger charge is -2.11. The summed E-state index contributed by atoms with van der Waals surface area (Å²) in [4.78, 5) is 11.2. The molecule has 0 aliphatic heterocycles. The largest absolute Gasteiger partial charge is 0.494 e. The molecule has 0 fully saturated rings. The summed E-state index contributed by atoms with van der Waals surface area (Å²) in [5.74, 6) is -2.81. The number of nitrogens with two attached hydrogens (primary N) is 1. The van der Waals surface area contributed by atoms with Gasteiger partial charge in [-0.1, -0.05) is 38.3 Å². The molecule has 2 N–H and O–H groups in total. The summed E-state index contributed by atoms with van der Waals surface area (Å²) < 4.78 is 38.7. The van der Waals surface area contributed by atoms with Crippen LogP contribution in [-0.4, -0.2) is 12.5 Å². The van der Waals surface area contributed by atoms with Gasteiger partial charge in [0, 0.05) is 0 Å². The van der Waals surface area contributed by atoms with Crippen LogP contribution in [0, 0.1) is 11.6 Å². The predicted molar refractivity (Wildman–Crippen MR) is 95.3 cm³/mol. The van der Waals surface area contributed by atoms with E-state index >= 15 is 0 Å². The maximum Gasteiger partial charge on any atom is 0.254 e. The number of unbranched alkanes of at least 4 members (excludes halogenated alkanes) is 3. The molecule has 0 aliphatic rings. The summed E-state index contributed by atoms with van der Waals surface area (Å²) in [7, 11) is 0. The molecule has 4 nitrogen and oxygen atoms in total. The Morgan fingerprint density at radius 2 is 1.88 bits per heavy atom. The smallest absolute Gasteiger partial charge is 0.254 e. The number of halogens is 2. The van der Waals surface area contributed by atoms with Crippen LogP contribution in [0.1, 0.15) is 48.5 Å². The van der Waals surface area contributed by atoms with Gasteiger partial charge in [0.05, 0.1) is 6.61 Å². The molecule has 0 heterocycles. The number of primary amides is 1. The van der Waals surface area contributed by atoms with Crippen LogP contribution in [0.15, 0.2) is 36.4 Å². The van der Waals surface area contributed by atoms with Crippen molar-refractivity contribution < 1.29 is 23.0 Å². The molecule has 0 bridgehead atoms. The Labute approximate surface area is 151 Å². The lowest BCUT2D eigenvalue weighted by Crippen LogP contribution is -2.16. The molecule has 0 saturated heterocycles. The molecular formula is C20H23F2NO3. The van der Waals surface area contributed by atoms with E-state index in [2.05, 4.69) is 6.92 Å². The molecular weight excluding hydrogens is 340 g/mol. The van der Waals surface area contributed by atoms with Crippen molar-refractivity contribution in [3.05, 3.63) is 59.2 Å². The van der Waals surface area contributed by atoms with Crippen molar-refractivity contribution in [3.63, 3.8) is 0 Å². The number of ether oxygens (including phenoxy) is 2. The monoisotopic (exact) mass is 363 g/mol. The van der Waals surface area contributed by atoms with Gasteiger partial charge in [-0.15, -0.1) is 0 Å². The fourth-order valence-electron chi connectivity index (χ4n) is 2.48. The van der Waals surface area contributed by atoms with Crippen LogP contribution >= 0.6 is 0 Å². The van der Waals surface area contributed by atoms with Crippen LogP contribution in [0.5, 0.6) is 11.5 Å². The van der Waals surface area contributed by atoms with Crippen molar-refractivity contribution in [2.45, 2.75) is 39.2 Å². The van der Waals surface area contributed by atoms with Gasteiger partial charge in [-0.25, -0.2) is 8.78 Å². The van der Waals surface area contributed by atoms with Gasteiger partial charge in [0.2, 0.25) is 0 Å². The molecule has 0 aliphatic carbocycles. The molecule has 6 heteroatoms. The minimum atomic E-state index is -1.18. The molecule has 2 rings (SSSR count). The Morgan fingerprint density at radius 1 is 1.08 bits per heavy atom. The molecule has 26 heavy (non-hydrogen) atoms. The SMILES string of the molecule is CCCCCCOc1cccc(COc2ccc(F)c(C(N)=O)c2F)c1. The summed E-state index contributed by atoms with van der Waals surface area (Å²) in [5.41, 5.74) is 4.96. The standard InChI is InChI=1S/C20H23F2NO3/c1-2-3-4-5-11-25-15-8-6-7-14(12-15)13-26-17-10-9-16(21)18(19(17)22)20(23)24/h6-10,12H,2-5,11,13H2,1H3,(H2,23,24). The van der Waals surface area contributed by atoms with Gasteiger partial charge in [-0.2, -0.15) is 0 Å². The average Bonchev–Trinajstić information content (AvgIpc) is 2.61. The first-order valence-corrected chi connectivity index (χ1v) is 8.65. The maximum absolute atomic E-state index is 14.1. The van der Waals surface area contributed by atoms with Gasteiger partial charge >= 0.3 is 0 Å². The molecule has 2 aromatic carbocycles. The molecule has 0 aromatic heterocycles. The highest BCUT2D eigenvalue weighted by Gasteiger charge is 2.19. The van der Waals surface area contributed by atoms with Crippen molar-refractivity contribution >= 4 is 5.91 Å². The van der Waals surface area contributed by atoms with Gasteiger partial charge in [-0.05, 0) is 36.2 Å². The molecule has 0 saturated carbocycles. The molecule has 0 radical (unpaired) electrons. The van der Waals surface area contributed by atoms with Gasteiger partial charge < -0.3 is 15.2 Å². The van der Waals surface area contributed by atoms with Crippen LogP contribution in [0.2, 0.25) is 0 Å². The zero-order valence-corrected chi connectivity index (χ0v) is 14.8. The van der Waals surface area contributed by atoms with E-state index in [4.69, 9.17) is 15.2 Å². The van der Waals surface area contributed by atoms with E-state index in [-0.39, 0.29) is 12.4 Å². The van der Waals surface area contributed by atoms with Crippen LogP contribution in [0.3, 0.4) is 0 Å². The molecule has 1 amide bonds. The van der Waals surface area contributed by atoms with Crippen molar-refractivity contribution in [2.24, 2.45) is 5.73 Å². The van der Waals surface area contributed by atoms with Crippen molar-refractivity contribution in [1.29, 1.82) is 0 Å². The third kappa shape index (κ3) is 5.44. The van der Waals surface area contributed by atoms with E-state index < -0.39 is 23.1 Å². The predicted octanol–water partition coefficient (Wildman–Crippen LogP) is 4.60. The second kappa shape index (κ2) is 9.75. The minimum Gasteiger partial charge on any atom is -0.494 e. The normalized spacial score (nSPS) is 10.6. The number of carbonyl (C=O) groups is 1. The number of hydrogen-bond acceptors (Lipinski definition) is 3. The average molecular weight is 363 g/mol. The van der Waals surface area contributed by atoms with E-state index in [1.54, 1.807) is 12.1 Å². The third-order valence-electron chi connectivity index (χ3n) is 3.86. The Bertz CT molecular complexity index is 750. The van der Waals surface area contributed by atoms with Crippen LogP contribution in [0.4, 0.5) is 8.78 Å². The first-order chi connectivity index (χ1) is 12.5. The van der Waals surface area contributed by atoms with Crippen molar-refractivity contribution in [2.75, 3.05) is 6.61 Å². The fraction of sp³-hybridized carbons (Fsp3) is 0.350. The van der Waals surface area contributed by atoms with Crippen LogP contribution < -0.4 is 15.2 Å². The summed E-state index contributed by atoms with van der Waals surface area (Å²) in [6.45, 7) is 2.84. The zero-order chi connectivity index (χ0) is 18.9. The molecule has 0 unspecified atom stereocenters. The second-order valence-electron chi connectivity index (χ2n) is 5.94. The van der Waals surface area contributed by atoms with E-state index in [1.807, 2.05) is 12.1 Å². The summed E-state index contributed by atoms with van der Waals surface area (Å²) >= 11 is 0.